The van der Waals surface area contributed by atoms with E-state index in [9.17, 15) is 13.0 Å². The van der Waals surface area contributed by atoms with Crippen molar-refractivity contribution in [1.29, 1.82) is 5.41 Å². The van der Waals surface area contributed by atoms with Crippen LogP contribution in [0.5, 0.6) is 0 Å². The molecule has 1 unspecified atom stereocenters. The van der Waals surface area contributed by atoms with Crippen molar-refractivity contribution in [3.05, 3.63) is 42.0 Å². The highest BCUT2D eigenvalue weighted by Gasteiger charge is 2.49. The lowest BCUT2D eigenvalue weighted by molar-refractivity contribution is 0.114. The molecule has 0 bridgehead atoms. The Hall–Kier alpha value is -2.03. The first kappa shape index (κ1) is 16.3. The fourth-order valence-electron chi connectivity index (χ4n) is 2.06. The number of hydrazone groups is 1. The number of nitrogens with zero attached hydrogens (tertiary/aromatic N) is 1. The standard InChI is InChI=1S/C14H17N3O4S/c1-10-3-5-11(6-4-10)16-17-12-7-8-13(15)14(9-12,21-2)22(18,19)20/h3-8,15-16H,9H2,1-2H3,(H,18,19,20)/b15-13?,17-12+. The largest absolute Gasteiger partial charge is 0.355 e. The molecule has 0 aromatic heterocycles. The monoisotopic (exact) mass is 323 g/mol. The number of anilines is 1. The second-order valence-corrected chi connectivity index (χ2v) is 6.55. The summed E-state index contributed by atoms with van der Waals surface area (Å²) in [5, 5.41) is 11.8. The molecule has 2 rings (SSSR count). The van der Waals surface area contributed by atoms with Crippen LogP contribution in [0.4, 0.5) is 5.69 Å². The van der Waals surface area contributed by atoms with Gasteiger partial charge in [-0.3, -0.25) is 9.98 Å². The van der Waals surface area contributed by atoms with Crippen LogP contribution in [0.3, 0.4) is 0 Å². The highest BCUT2D eigenvalue weighted by atomic mass is 32.2. The van der Waals surface area contributed by atoms with Gasteiger partial charge in [0.25, 0.3) is 0 Å². The number of nitrogens with one attached hydrogen (secondary N) is 2. The van der Waals surface area contributed by atoms with Gasteiger partial charge in [-0.05, 0) is 31.2 Å². The number of benzene rings is 1. The molecule has 0 saturated heterocycles. The van der Waals surface area contributed by atoms with Crippen LogP contribution < -0.4 is 5.43 Å². The van der Waals surface area contributed by atoms with Crippen LogP contribution in [0.25, 0.3) is 0 Å². The van der Waals surface area contributed by atoms with E-state index in [1.165, 1.54) is 12.2 Å². The molecule has 8 heteroatoms. The van der Waals surface area contributed by atoms with Crippen molar-refractivity contribution in [2.24, 2.45) is 5.10 Å². The molecule has 3 N–H and O–H groups in total. The third-order valence-electron chi connectivity index (χ3n) is 3.39. The molecule has 1 aromatic carbocycles. The average Bonchev–Trinajstić information content (AvgIpc) is 2.47. The smallest absolute Gasteiger partial charge is 0.301 e. The zero-order valence-electron chi connectivity index (χ0n) is 12.2. The molecule has 0 amide bonds. The fraction of sp³-hybridized carbons (Fsp3) is 0.286. The zero-order valence-corrected chi connectivity index (χ0v) is 13.0. The van der Waals surface area contributed by atoms with Gasteiger partial charge in [-0.25, -0.2) is 0 Å². The van der Waals surface area contributed by atoms with Gasteiger partial charge in [-0.2, -0.15) is 13.5 Å². The Bertz CT molecular complexity index is 738. The van der Waals surface area contributed by atoms with Crippen molar-refractivity contribution in [3.63, 3.8) is 0 Å². The van der Waals surface area contributed by atoms with Gasteiger partial charge < -0.3 is 10.1 Å². The van der Waals surface area contributed by atoms with Crippen molar-refractivity contribution in [2.45, 2.75) is 18.3 Å². The van der Waals surface area contributed by atoms with Gasteiger partial charge in [0, 0.05) is 13.5 Å². The molecule has 1 aliphatic carbocycles. The Morgan fingerprint density at radius 1 is 1.32 bits per heavy atom. The van der Waals surface area contributed by atoms with Crippen LogP contribution in [0.1, 0.15) is 12.0 Å². The van der Waals surface area contributed by atoms with Crippen LogP contribution in [-0.4, -0.2) is 36.4 Å². The first-order chi connectivity index (χ1) is 10.3. The molecule has 1 atom stereocenters. The SMILES string of the molecule is COC1(S(=O)(=O)O)C/C(=N/Nc2ccc(C)cc2)C=CC1=N. The number of hydrogen-bond acceptors (Lipinski definition) is 6. The second kappa shape index (κ2) is 5.99. The predicted octanol–water partition coefficient (Wildman–Crippen LogP) is 1.97. The minimum absolute atomic E-state index is 0.253. The lowest BCUT2D eigenvalue weighted by Crippen LogP contribution is -2.50. The van der Waals surface area contributed by atoms with Crippen molar-refractivity contribution in [3.8, 4) is 0 Å². The summed E-state index contributed by atoms with van der Waals surface area (Å²) in [5.41, 5.74) is 4.65. The maximum Gasteiger partial charge on any atom is 0.301 e. The van der Waals surface area contributed by atoms with Crippen molar-refractivity contribution in [1.82, 2.24) is 0 Å². The third kappa shape index (κ3) is 3.08. The number of hydrogen-bond donors (Lipinski definition) is 3. The van der Waals surface area contributed by atoms with Crippen molar-refractivity contribution < 1.29 is 17.7 Å². The van der Waals surface area contributed by atoms with E-state index in [2.05, 4.69) is 10.5 Å². The molecular weight excluding hydrogens is 306 g/mol. The molecule has 22 heavy (non-hydrogen) atoms. The van der Waals surface area contributed by atoms with E-state index in [-0.39, 0.29) is 12.1 Å². The molecule has 0 aliphatic heterocycles. The van der Waals surface area contributed by atoms with E-state index < -0.39 is 15.1 Å². The Morgan fingerprint density at radius 2 is 1.95 bits per heavy atom. The van der Waals surface area contributed by atoms with Gasteiger partial charge in [0.1, 0.15) is 0 Å². The maximum atomic E-state index is 11.6. The summed E-state index contributed by atoms with van der Waals surface area (Å²) in [6.07, 6.45) is 2.50. The molecule has 7 nitrogen and oxygen atoms in total. The first-order valence-electron chi connectivity index (χ1n) is 6.47. The number of methoxy groups -OCH3 is 1. The third-order valence-corrected chi connectivity index (χ3v) is 4.76. The molecule has 0 radical (unpaired) electrons. The van der Waals surface area contributed by atoms with Gasteiger partial charge in [0.2, 0.25) is 4.93 Å². The number of ether oxygens (including phenoxy) is 1. The second-order valence-electron chi connectivity index (χ2n) is 4.94. The summed E-state index contributed by atoms with van der Waals surface area (Å²) in [5.74, 6) is 0. The maximum absolute atomic E-state index is 11.6. The van der Waals surface area contributed by atoms with Gasteiger partial charge in [0.05, 0.1) is 17.1 Å². The number of aryl methyl sites for hydroxylation is 1. The highest BCUT2D eigenvalue weighted by Crippen LogP contribution is 2.28. The average molecular weight is 323 g/mol. The van der Waals surface area contributed by atoms with E-state index >= 15 is 0 Å². The van der Waals surface area contributed by atoms with Gasteiger partial charge in [-0.15, -0.1) is 0 Å². The normalized spacial score (nSPS) is 23.8. The Morgan fingerprint density at radius 3 is 2.50 bits per heavy atom. The molecule has 0 saturated carbocycles. The predicted molar refractivity (Wildman–Crippen MR) is 85.0 cm³/mol. The number of allylic oxidation sites excluding steroid dienone is 1. The molecule has 0 fully saturated rings. The Kier molecular flexibility index (Phi) is 4.45. The molecule has 1 aromatic rings. The van der Waals surface area contributed by atoms with Crippen LogP contribution >= 0.6 is 0 Å². The summed E-state index contributed by atoms with van der Waals surface area (Å²) in [6, 6.07) is 7.49. The molecule has 0 heterocycles. The Labute approximate surface area is 128 Å². The highest BCUT2D eigenvalue weighted by molar-refractivity contribution is 7.88. The number of rotatable bonds is 4. The summed E-state index contributed by atoms with van der Waals surface area (Å²) < 4.78 is 37.5. The van der Waals surface area contributed by atoms with Crippen molar-refractivity contribution in [2.75, 3.05) is 12.5 Å². The van der Waals surface area contributed by atoms with E-state index in [4.69, 9.17) is 10.1 Å². The van der Waals surface area contributed by atoms with Crippen molar-refractivity contribution >= 4 is 27.2 Å². The van der Waals surface area contributed by atoms with E-state index in [1.54, 1.807) is 0 Å². The van der Waals surface area contributed by atoms with Gasteiger partial charge >= 0.3 is 10.1 Å². The molecule has 118 valence electrons. The van der Waals surface area contributed by atoms with E-state index in [0.29, 0.717) is 5.71 Å². The van der Waals surface area contributed by atoms with E-state index in [0.717, 1.165) is 18.4 Å². The minimum atomic E-state index is -4.61. The zero-order chi connectivity index (χ0) is 16.4. The van der Waals surface area contributed by atoms with Crippen LogP contribution in [0.2, 0.25) is 0 Å². The van der Waals surface area contributed by atoms with Gasteiger partial charge in [0.15, 0.2) is 0 Å². The summed E-state index contributed by atoms with van der Waals surface area (Å²) >= 11 is 0. The molecule has 1 aliphatic rings. The summed E-state index contributed by atoms with van der Waals surface area (Å²) in [6.45, 7) is 1.96. The Balaban J connectivity index is 2.27. The molecular formula is C14H17N3O4S. The van der Waals surface area contributed by atoms with Crippen LogP contribution in [-0.2, 0) is 14.9 Å². The summed E-state index contributed by atoms with van der Waals surface area (Å²) in [7, 11) is -3.48. The van der Waals surface area contributed by atoms with Gasteiger partial charge in [-0.1, -0.05) is 17.7 Å². The van der Waals surface area contributed by atoms with Crippen LogP contribution in [0, 0.1) is 12.3 Å². The van der Waals surface area contributed by atoms with Crippen LogP contribution in [0.15, 0.2) is 41.5 Å². The lowest BCUT2D eigenvalue weighted by atomic mass is 10.00. The topological polar surface area (TPSA) is 112 Å². The first-order valence-corrected chi connectivity index (χ1v) is 7.91. The van der Waals surface area contributed by atoms with E-state index in [1.807, 2.05) is 31.2 Å². The fourth-order valence-corrected chi connectivity index (χ4v) is 2.94. The lowest BCUT2D eigenvalue weighted by Gasteiger charge is -2.30. The minimum Gasteiger partial charge on any atom is -0.355 e. The summed E-state index contributed by atoms with van der Waals surface area (Å²) in [4.78, 5) is -2.12. The molecule has 0 spiro atoms. The quantitative estimate of drug-likeness (QED) is 0.579.